The van der Waals surface area contributed by atoms with Gasteiger partial charge in [0.25, 0.3) is 0 Å². The quantitative estimate of drug-likeness (QED) is 0.887. The molecule has 1 aliphatic heterocycles. The summed E-state index contributed by atoms with van der Waals surface area (Å²) >= 11 is 0. The number of carbonyl (C=O) groups is 1. The largest absolute Gasteiger partial charge is 0.467 e. The second-order valence-corrected chi connectivity index (χ2v) is 5.97. The maximum absolute atomic E-state index is 12.0. The lowest BCUT2D eigenvalue weighted by Gasteiger charge is -2.27. The number of rotatable bonds is 5. The van der Waals surface area contributed by atoms with E-state index < -0.39 is 0 Å². The van der Waals surface area contributed by atoms with Gasteiger partial charge in [0.05, 0.1) is 25.9 Å². The van der Waals surface area contributed by atoms with Crippen LogP contribution < -0.4 is 5.32 Å². The molecule has 0 bridgehead atoms. The summed E-state index contributed by atoms with van der Waals surface area (Å²) in [5.41, 5.74) is 0. The van der Waals surface area contributed by atoms with Crippen LogP contribution in [-0.2, 0) is 24.4 Å². The van der Waals surface area contributed by atoms with Gasteiger partial charge in [-0.05, 0) is 25.0 Å². The monoisotopic (exact) mass is 301 g/mol. The van der Waals surface area contributed by atoms with Crippen LogP contribution in [0.3, 0.4) is 0 Å². The molecule has 1 amide bonds. The van der Waals surface area contributed by atoms with Crippen LogP contribution in [0.5, 0.6) is 0 Å². The highest BCUT2D eigenvalue weighted by molar-refractivity contribution is 5.77. The van der Waals surface area contributed by atoms with Crippen LogP contribution in [0.4, 0.5) is 0 Å². The molecule has 4 rings (SSSR count). The maximum atomic E-state index is 12.0. The van der Waals surface area contributed by atoms with Crippen LogP contribution in [0.15, 0.2) is 22.8 Å². The minimum atomic E-state index is 0.00628. The summed E-state index contributed by atoms with van der Waals surface area (Å²) in [5, 5.41) is 11.5. The molecule has 0 unspecified atom stereocenters. The summed E-state index contributed by atoms with van der Waals surface area (Å²) in [5.74, 6) is 3.50. The van der Waals surface area contributed by atoms with Gasteiger partial charge >= 0.3 is 0 Å². The number of nitrogens with zero attached hydrogens (tertiary/aromatic N) is 4. The lowest BCUT2D eigenvalue weighted by molar-refractivity contribution is -0.122. The molecule has 0 saturated heterocycles. The molecule has 2 aliphatic rings. The van der Waals surface area contributed by atoms with Crippen molar-refractivity contribution in [3.63, 3.8) is 0 Å². The summed E-state index contributed by atoms with van der Waals surface area (Å²) in [6, 6.07) is 3.67. The van der Waals surface area contributed by atoms with Crippen LogP contribution in [0, 0.1) is 0 Å². The Hall–Kier alpha value is -2.15. The van der Waals surface area contributed by atoms with E-state index in [9.17, 15) is 4.79 Å². The van der Waals surface area contributed by atoms with Gasteiger partial charge < -0.3 is 14.3 Å². The summed E-state index contributed by atoms with van der Waals surface area (Å²) in [6.45, 7) is 3.24. The van der Waals surface area contributed by atoms with Crippen LogP contribution >= 0.6 is 0 Å². The van der Waals surface area contributed by atoms with Crippen molar-refractivity contribution in [3.8, 4) is 0 Å². The molecule has 0 radical (unpaired) electrons. The zero-order chi connectivity index (χ0) is 14.9. The van der Waals surface area contributed by atoms with Gasteiger partial charge in [0.1, 0.15) is 17.4 Å². The van der Waals surface area contributed by atoms with Crippen molar-refractivity contribution in [2.24, 2.45) is 0 Å². The van der Waals surface area contributed by atoms with Gasteiger partial charge in [0, 0.05) is 19.0 Å². The van der Waals surface area contributed by atoms with Crippen LogP contribution in [-0.4, -0.2) is 38.7 Å². The Kier molecular flexibility index (Phi) is 3.42. The fourth-order valence-corrected chi connectivity index (χ4v) is 2.87. The minimum Gasteiger partial charge on any atom is -0.467 e. The predicted molar refractivity (Wildman–Crippen MR) is 77.8 cm³/mol. The summed E-state index contributed by atoms with van der Waals surface area (Å²) in [6.07, 6.45) is 4.07. The number of amides is 1. The van der Waals surface area contributed by atoms with Crippen LogP contribution in [0.25, 0.3) is 0 Å². The van der Waals surface area contributed by atoms with Crippen molar-refractivity contribution < 1.29 is 9.21 Å². The number of carbonyl (C=O) groups excluding carboxylic acids is 1. The Balaban J connectivity index is 1.31. The molecular formula is C15H19N5O2. The van der Waals surface area contributed by atoms with E-state index in [1.54, 1.807) is 6.26 Å². The van der Waals surface area contributed by atoms with Gasteiger partial charge in [0.15, 0.2) is 0 Å². The van der Waals surface area contributed by atoms with Crippen molar-refractivity contribution in [2.75, 3.05) is 13.1 Å². The maximum Gasteiger partial charge on any atom is 0.234 e. The molecule has 7 heteroatoms. The van der Waals surface area contributed by atoms with Gasteiger partial charge in [-0.15, -0.1) is 10.2 Å². The molecule has 0 aromatic carbocycles. The van der Waals surface area contributed by atoms with Crippen molar-refractivity contribution in [1.82, 2.24) is 25.0 Å². The second kappa shape index (κ2) is 5.57. The third-order valence-electron chi connectivity index (χ3n) is 4.21. The van der Waals surface area contributed by atoms with E-state index >= 15 is 0 Å². The van der Waals surface area contributed by atoms with Gasteiger partial charge in [-0.25, -0.2) is 0 Å². The first-order valence-corrected chi connectivity index (χ1v) is 7.73. The van der Waals surface area contributed by atoms with E-state index in [1.807, 2.05) is 12.1 Å². The van der Waals surface area contributed by atoms with Crippen molar-refractivity contribution in [1.29, 1.82) is 0 Å². The molecule has 0 spiro atoms. The normalized spacial score (nSPS) is 18.2. The fourth-order valence-electron chi connectivity index (χ4n) is 2.87. The Labute approximate surface area is 128 Å². The number of fused-ring (bicyclic) bond motifs is 1. The number of hydrogen-bond acceptors (Lipinski definition) is 5. The minimum absolute atomic E-state index is 0.00628. The van der Waals surface area contributed by atoms with Crippen LogP contribution in [0.2, 0.25) is 0 Å². The molecule has 1 fully saturated rings. The van der Waals surface area contributed by atoms with Crippen LogP contribution in [0.1, 0.15) is 36.2 Å². The highest BCUT2D eigenvalue weighted by atomic mass is 16.3. The van der Waals surface area contributed by atoms with E-state index in [4.69, 9.17) is 4.42 Å². The third kappa shape index (κ3) is 2.76. The molecule has 1 N–H and O–H groups in total. The summed E-state index contributed by atoms with van der Waals surface area (Å²) in [4.78, 5) is 14.1. The van der Waals surface area contributed by atoms with E-state index in [0.29, 0.717) is 25.6 Å². The molecule has 22 heavy (non-hydrogen) atoms. The molecule has 2 aromatic heterocycles. The molecular weight excluding hydrogens is 282 g/mol. The lowest BCUT2D eigenvalue weighted by Crippen LogP contribution is -2.41. The topological polar surface area (TPSA) is 76.2 Å². The first kappa shape index (κ1) is 13.5. The van der Waals surface area contributed by atoms with E-state index in [-0.39, 0.29) is 5.91 Å². The van der Waals surface area contributed by atoms with Gasteiger partial charge in [-0.3, -0.25) is 9.69 Å². The average molecular weight is 301 g/mol. The Bertz CT molecular complexity index is 660. The first-order valence-electron chi connectivity index (χ1n) is 7.73. The SMILES string of the molecule is O=C(CN1CCn2c(nnc2C2CC2)C1)NCc1ccco1. The number of nitrogens with one attached hydrogen (secondary N) is 1. The molecule has 0 atom stereocenters. The Morgan fingerprint density at radius 1 is 1.36 bits per heavy atom. The zero-order valence-electron chi connectivity index (χ0n) is 12.4. The average Bonchev–Trinajstić information content (AvgIpc) is 3.07. The molecule has 7 nitrogen and oxygen atoms in total. The predicted octanol–water partition coefficient (Wildman–Crippen LogP) is 0.880. The number of aromatic nitrogens is 3. The van der Waals surface area contributed by atoms with E-state index in [1.165, 1.54) is 12.8 Å². The molecule has 3 heterocycles. The van der Waals surface area contributed by atoms with Crippen molar-refractivity contribution >= 4 is 5.91 Å². The second-order valence-electron chi connectivity index (χ2n) is 5.97. The summed E-state index contributed by atoms with van der Waals surface area (Å²) in [7, 11) is 0. The van der Waals surface area contributed by atoms with Gasteiger partial charge in [-0.1, -0.05) is 0 Å². The lowest BCUT2D eigenvalue weighted by atomic mass is 10.3. The highest BCUT2D eigenvalue weighted by Crippen LogP contribution is 2.39. The summed E-state index contributed by atoms with van der Waals surface area (Å²) < 4.78 is 7.43. The van der Waals surface area contributed by atoms with E-state index in [2.05, 4.69) is 25.0 Å². The number of hydrogen-bond donors (Lipinski definition) is 1. The van der Waals surface area contributed by atoms with Crippen molar-refractivity contribution in [3.05, 3.63) is 35.8 Å². The fraction of sp³-hybridized carbons (Fsp3) is 0.533. The van der Waals surface area contributed by atoms with E-state index in [0.717, 1.165) is 30.5 Å². The van der Waals surface area contributed by atoms with Crippen molar-refractivity contribution in [2.45, 2.75) is 38.4 Å². The Morgan fingerprint density at radius 2 is 2.27 bits per heavy atom. The standard InChI is InChI=1S/C15H19N5O2/c21-14(16-8-12-2-1-7-22-12)10-19-5-6-20-13(9-19)17-18-15(20)11-3-4-11/h1-2,7,11H,3-6,8-10H2,(H,16,21). The smallest absolute Gasteiger partial charge is 0.234 e. The van der Waals surface area contributed by atoms with Gasteiger partial charge in [0.2, 0.25) is 5.91 Å². The van der Waals surface area contributed by atoms with Gasteiger partial charge in [-0.2, -0.15) is 0 Å². The zero-order valence-corrected chi connectivity index (χ0v) is 12.4. The third-order valence-corrected chi connectivity index (χ3v) is 4.21. The molecule has 2 aromatic rings. The molecule has 1 saturated carbocycles. The number of furan rings is 1. The highest BCUT2D eigenvalue weighted by Gasteiger charge is 2.32. The molecule has 116 valence electrons. The Morgan fingerprint density at radius 3 is 3.05 bits per heavy atom. The first-order chi connectivity index (χ1) is 10.8. The molecule has 1 aliphatic carbocycles.